The molecule has 1 saturated carbocycles. The minimum Gasteiger partial charge on any atom is -0.449 e. The van der Waals surface area contributed by atoms with Crippen LogP contribution in [0.4, 0.5) is 10.5 Å². The van der Waals surface area contributed by atoms with Gasteiger partial charge in [0.1, 0.15) is 5.60 Å². The fourth-order valence-corrected chi connectivity index (χ4v) is 3.57. The minimum atomic E-state index is -0.509. The highest BCUT2D eigenvalue weighted by Crippen LogP contribution is 2.47. The average molecular weight is 401 g/mol. The number of para-hydroxylation sites is 1. The van der Waals surface area contributed by atoms with Crippen LogP contribution in [0.2, 0.25) is 0 Å². The Bertz CT molecular complexity index is 809. The maximum atomic E-state index is 12.7. The van der Waals surface area contributed by atoms with Crippen LogP contribution in [0.3, 0.4) is 0 Å². The molecule has 4 rings (SSSR count). The summed E-state index contributed by atoms with van der Waals surface area (Å²) < 4.78 is 11.4. The highest BCUT2D eigenvalue weighted by atomic mass is 16.6. The van der Waals surface area contributed by atoms with Gasteiger partial charge in [0, 0.05) is 13.1 Å². The molecule has 0 bridgehead atoms. The summed E-state index contributed by atoms with van der Waals surface area (Å²) in [5, 5.41) is 3.04. The van der Waals surface area contributed by atoms with E-state index in [1.807, 2.05) is 46.8 Å². The predicted molar refractivity (Wildman–Crippen MR) is 113 cm³/mol. The molecule has 2 aliphatic heterocycles. The quantitative estimate of drug-likeness (QED) is 0.658. The van der Waals surface area contributed by atoms with E-state index in [0.717, 1.165) is 17.0 Å². The number of anilines is 1. The number of fused-ring (bicyclic) bond motifs is 1. The molecule has 158 valence electrons. The number of carbonyl (C=O) groups is 2. The number of carbonyl (C=O) groups excluding carboxylic acids is 2. The fraction of sp³-hybridized carbons (Fsp3) is 0.565. The molecule has 2 amide bonds. The number of amides is 2. The van der Waals surface area contributed by atoms with Crippen molar-refractivity contribution in [2.75, 3.05) is 18.4 Å². The summed E-state index contributed by atoms with van der Waals surface area (Å²) in [5.74, 6) is 1.46. The Balaban J connectivity index is 0.00000117. The largest absolute Gasteiger partial charge is 0.449 e. The van der Waals surface area contributed by atoms with Crippen molar-refractivity contribution in [3.63, 3.8) is 0 Å². The molecule has 0 atom stereocenters. The monoisotopic (exact) mass is 400 g/mol. The molecule has 6 nitrogen and oxygen atoms in total. The highest BCUT2D eigenvalue weighted by molar-refractivity contribution is 6.06. The van der Waals surface area contributed by atoms with E-state index in [9.17, 15) is 9.59 Å². The number of likely N-dealkylation sites (tertiary alicyclic amines) is 1. The summed E-state index contributed by atoms with van der Waals surface area (Å²) in [6.45, 7) is 10.6. The molecule has 1 aliphatic carbocycles. The Morgan fingerprint density at radius 2 is 1.83 bits per heavy atom. The second-order valence-electron chi connectivity index (χ2n) is 8.45. The number of rotatable bonds is 1. The summed E-state index contributed by atoms with van der Waals surface area (Å²) in [7, 11) is 0. The third-order valence-electron chi connectivity index (χ3n) is 5.07. The van der Waals surface area contributed by atoms with Crippen LogP contribution >= 0.6 is 0 Å². The van der Waals surface area contributed by atoms with Crippen molar-refractivity contribution in [1.82, 2.24) is 4.90 Å². The van der Waals surface area contributed by atoms with Crippen LogP contribution in [0.25, 0.3) is 0 Å². The van der Waals surface area contributed by atoms with Crippen molar-refractivity contribution in [2.45, 2.75) is 71.8 Å². The van der Waals surface area contributed by atoms with Crippen molar-refractivity contribution >= 4 is 17.7 Å². The van der Waals surface area contributed by atoms with E-state index in [4.69, 9.17) is 9.47 Å². The van der Waals surface area contributed by atoms with E-state index < -0.39 is 5.60 Å². The number of piperidine rings is 1. The summed E-state index contributed by atoms with van der Waals surface area (Å²) >= 11 is 0. The lowest BCUT2D eigenvalue weighted by molar-refractivity contribution is -0.115. The first-order valence-corrected chi connectivity index (χ1v) is 10.6. The normalized spacial score (nSPS) is 18.8. The lowest BCUT2D eigenvalue weighted by Gasteiger charge is -2.32. The molecule has 1 N–H and O–H groups in total. The second kappa shape index (κ2) is 8.47. The fourth-order valence-electron chi connectivity index (χ4n) is 3.57. The Labute approximate surface area is 173 Å². The Kier molecular flexibility index (Phi) is 6.20. The first-order chi connectivity index (χ1) is 13.8. The zero-order chi connectivity index (χ0) is 21.2. The van der Waals surface area contributed by atoms with Gasteiger partial charge in [-0.15, -0.1) is 0 Å². The maximum absolute atomic E-state index is 12.7. The summed E-state index contributed by atoms with van der Waals surface area (Å²) in [5.41, 5.74) is 2.44. The molecule has 1 aromatic carbocycles. The van der Waals surface area contributed by atoms with Crippen molar-refractivity contribution in [1.29, 1.82) is 0 Å². The van der Waals surface area contributed by atoms with Crippen molar-refractivity contribution < 1.29 is 19.1 Å². The van der Waals surface area contributed by atoms with Crippen LogP contribution in [-0.2, 0) is 9.53 Å². The number of ether oxygens (including phenoxy) is 2. The molecule has 1 aromatic rings. The topological polar surface area (TPSA) is 67.9 Å². The van der Waals surface area contributed by atoms with Crippen LogP contribution in [0.5, 0.6) is 5.75 Å². The van der Waals surface area contributed by atoms with E-state index in [1.165, 1.54) is 18.4 Å². The van der Waals surface area contributed by atoms with Gasteiger partial charge in [-0.3, -0.25) is 4.79 Å². The Hall–Kier alpha value is -2.50. The predicted octanol–water partition coefficient (Wildman–Crippen LogP) is 5.21. The summed E-state index contributed by atoms with van der Waals surface area (Å²) in [6.07, 6.45) is 3.25. The third-order valence-corrected chi connectivity index (χ3v) is 5.07. The molecule has 2 fully saturated rings. The highest BCUT2D eigenvalue weighted by Gasteiger charge is 2.34. The van der Waals surface area contributed by atoms with E-state index in [0.29, 0.717) is 37.6 Å². The van der Waals surface area contributed by atoms with Crippen LogP contribution in [-0.4, -0.2) is 35.6 Å². The SMILES string of the molecule is CC.CC(C)(C)OC(=O)N1CCC(=C2Oc3cccc(C4CC4)c3NC2=O)CC1. The number of nitrogens with zero attached hydrogens (tertiary/aromatic N) is 1. The molecule has 0 radical (unpaired) electrons. The lowest BCUT2D eigenvalue weighted by Crippen LogP contribution is -2.41. The van der Waals surface area contributed by atoms with Gasteiger partial charge in [0.2, 0.25) is 0 Å². The van der Waals surface area contributed by atoms with E-state index in [-0.39, 0.29) is 12.0 Å². The van der Waals surface area contributed by atoms with Crippen molar-refractivity contribution in [3.8, 4) is 5.75 Å². The molecule has 1 saturated heterocycles. The maximum Gasteiger partial charge on any atom is 0.410 e. The Morgan fingerprint density at radius 3 is 2.41 bits per heavy atom. The first kappa shape index (κ1) is 21.2. The number of hydrogen-bond donors (Lipinski definition) is 1. The first-order valence-electron chi connectivity index (χ1n) is 10.6. The number of hydrogen-bond acceptors (Lipinski definition) is 4. The van der Waals surface area contributed by atoms with Gasteiger partial charge in [0.25, 0.3) is 5.91 Å². The standard InChI is InChI=1S/C21H26N2O4.C2H6/c1-21(2,3)27-20(25)23-11-9-14(10-12-23)18-19(24)22-17-15(13-7-8-13)5-4-6-16(17)26-18;1-2/h4-6,13H,7-12H2,1-3H3,(H,22,24);1-2H3. The molecule has 3 aliphatic rings. The average Bonchev–Trinajstić information content (AvgIpc) is 3.53. The van der Waals surface area contributed by atoms with Crippen LogP contribution < -0.4 is 10.1 Å². The van der Waals surface area contributed by atoms with Gasteiger partial charge < -0.3 is 19.7 Å². The molecular weight excluding hydrogens is 368 g/mol. The molecule has 0 spiro atoms. The van der Waals surface area contributed by atoms with Gasteiger partial charge in [-0.2, -0.15) is 0 Å². The van der Waals surface area contributed by atoms with Crippen LogP contribution in [0.1, 0.15) is 71.8 Å². The van der Waals surface area contributed by atoms with Crippen LogP contribution in [0, 0.1) is 0 Å². The molecule has 2 heterocycles. The van der Waals surface area contributed by atoms with Gasteiger partial charge >= 0.3 is 6.09 Å². The van der Waals surface area contributed by atoms with Crippen molar-refractivity contribution in [3.05, 3.63) is 35.1 Å². The van der Waals surface area contributed by atoms with Gasteiger partial charge in [0.15, 0.2) is 11.5 Å². The Morgan fingerprint density at radius 1 is 1.17 bits per heavy atom. The number of nitrogens with one attached hydrogen (secondary N) is 1. The van der Waals surface area contributed by atoms with E-state index in [2.05, 4.69) is 11.4 Å². The molecular formula is C23H32N2O4. The molecule has 0 unspecified atom stereocenters. The smallest absolute Gasteiger partial charge is 0.410 e. The van der Waals surface area contributed by atoms with Crippen LogP contribution in [0.15, 0.2) is 29.5 Å². The van der Waals surface area contributed by atoms with Crippen molar-refractivity contribution in [2.24, 2.45) is 0 Å². The third kappa shape index (κ3) is 4.92. The van der Waals surface area contributed by atoms with E-state index >= 15 is 0 Å². The number of benzene rings is 1. The summed E-state index contributed by atoms with van der Waals surface area (Å²) in [6, 6.07) is 5.95. The molecule has 6 heteroatoms. The van der Waals surface area contributed by atoms with E-state index in [1.54, 1.807) is 4.90 Å². The zero-order valence-electron chi connectivity index (χ0n) is 18.1. The van der Waals surface area contributed by atoms with Gasteiger partial charge in [-0.05, 0) is 69.6 Å². The molecule has 29 heavy (non-hydrogen) atoms. The minimum absolute atomic E-state index is 0.184. The lowest BCUT2D eigenvalue weighted by atomic mass is 10.0. The second-order valence-corrected chi connectivity index (χ2v) is 8.45. The van der Waals surface area contributed by atoms with Gasteiger partial charge in [-0.25, -0.2) is 4.79 Å². The zero-order valence-corrected chi connectivity index (χ0v) is 18.1. The van der Waals surface area contributed by atoms with Gasteiger partial charge in [0.05, 0.1) is 5.69 Å². The van der Waals surface area contributed by atoms with Gasteiger partial charge in [-0.1, -0.05) is 26.0 Å². The summed E-state index contributed by atoms with van der Waals surface area (Å²) in [4.78, 5) is 26.6. The molecule has 0 aromatic heterocycles.